The van der Waals surface area contributed by atoms with Gasteiger partial charge in [0.25, 0.3) is 0 Å². The molecule has 0 aliphatic carbocycles. The van der Waals surface area contributed by atoms with Gasteiger partial charge in [-0.25, -0.2) is 0 Å². The number of rotatable bonds is 5. The second-order valence-electron chi connectivity index (χ2n) is 4.27. The topological polar surface area (TPSA) is 30.8 Å². The van der Waals surface area contributed by atoms with Gasteiger partial charge in [0.2, 0.25) is 0 Å². The van der Waals surface area contributed by atoms with Crippen molar-refractivity contribution in [2.45, 2.75) is 6.10 Å². The predicted molar refractivity (Wildman–Crippen MR) is 84.0 cm³/mol. The smallest absolute Gasteiger partial charge is 0.177 e. The predicted octanol–water partition coefficient (Wildman–Crippen LogP) is 3.43. The van der Waals surface area contributed by atoms with E-state index in [0.717, 1.165) is 11.1 Å². The van der Waals surface area contributed by atoms with E-state index in [0.29, 0.717) is 0 Å². The first-order valence-corrected chi connectivity index (χ1v) is 6.66. The van der Waals surface area contributed by atoms with Gasteiger partial charge in [-0.05, 0) is 11.1 Å². The third kappa shape index (κ3) is 5.13. The zero-order chi connectivity index (χ0) is 14.8. The van der Waals surface area contributed by atoms with Gasteiger partial charge in [-0.2, -0.15) is 0 Å². The quantitative estimate of drug-likeness (QED) is 0.363. The van der Waals surface area contributed by atoms with Crippen molar-refractivity contribution in [2.75, 3.05) is 13.7 Å². The lowest BCUT2D eigenvalue weighted by atomic mass is 10.1. The Kier molecular flexibility index (Phi) is 6.05. The molecular formula is C18H17NO2. The summed E-state index contributed by atoms with van der Waals surface area (Å²) in [7, 11) is 1.64. The molecule has 1 unspecified atom stereocenters. The highest BCUT2D eigenvalue weighted by Crippen LogP contribution is 2.14. The maximum Gasteiger partial charge on any atom is 0.177 e. The summed E-state index contributed by atoms with van der Waals surface area (Å²) in [5, 5.41) is 3.87. The van der Waals surface area contributed by atoms with Crippen molar-refractivity contribution in [1.29, 1.82) is 0 Å². The van der Waals surface area contributed by atoms with Crippen molar-refractivity contribution in [3.05, 3.63) is 71.8 Å². The van der Waals surface area contributed by atoms with Crippen molar-refractivity contribution in [3.63, 3.8) is 0 Å². The second-order valence-corrected chi connectivity index (χ2v) is 4.27. The van der Waals surface area contributed by atoms with Crippen LogP contribution in [0.4, 0.5) is 0 Å². The van der Waals surface area contributed by atoms with Crippen molar-refractivity contribution in [1.82, 2.24) is 0 Å². The Hall–Kier alpha value is -2.57. The van der Waals surface area contributed by atoms with Crippen molar-refractivity contribution < 1.29 is 9.57 Å². The summed E-state index contributed by atoms with van der Waals surface area (Å²) >= 11 is 0. The maximum atomic E-state index is 5.34. The van der Waals surface area contributed by atoms with Crippen LogP contribution in [-0.4, -0.2) is 19.9 Å². The molecule has 0 bridgehead atoms. The third-order valence-electron chi connectivity index (χ3n) is 2.78. The van der Waals surface area contributed by atoms with Gasteiger partial charge in [0.1, 0.15) is 6.10 Å². The van der Waals surface area contributed by atoms with Crippen LogP contribution in [0, 0.1) is 11.8 Å². The Morgan fingerprint density at radius 1 is 1.05 bits per heavy atom. The summed E-state index contributed by atoms with van der Waals surface area (Å²) in [6, 6.07) is 19.6. The van der Waals surface area contributed by atoms with Gasteiger partial charge in [0.15, 0.2) is 6.61 Å². The highest BCUT2D eigenvalue weighted by atomic mass is 16.6. The molecule has 0 spiro atoms. The molecular weight excluding hydrogens is 262 g/mol. The molecule has 3 nitrogen and oxygen atoms in total. The van der Waals surface area contributed by atoms with E-state index >= 15 is 0 Å². The van der Waals surface area contributed by atoms with E-state index in [-0.39, 0.29) is 12.7 Å². The fourth-order valence-corrected chi connectivity index (χ4v) is 1.75. The fraction of sp³-hybridized carbons (Fsp3) is 0.167. The highest BCUT2D eigenvalue weighted by molar-refractivity contribution is 5.78. The molecule has 0 saturated carbocycles. The maximum absolute atomic E-state index is 5.34. The molecule has 2 aromatic rings. The van der Waals surface area contributed by atoms with E-state index in [1.165, 1.54) is 0 Å². The van der Waals surface area contributed by atoms with E-state index in [1.807, 2.05) is 60.7 Å². The standard InChI is InChI=1S/C18H17NO2/c1-20-18(17-11-6-3-7-12-17)13-8-14-21-19-15-16-9-4-2-5-10-16/h2-7,9-12,15,18H,14H2,1H3/b19-15+. The van der Waals surface area contributed by atoms with Crippen LogP contribution < -0.4 is 0 Å². The van der Waals surface area contributed by atoms with E-state index in [4.69, 9.17) is 9.57 Å². The molecule has 0 amide bonds. The van der Waals surface area contributed by atoms with Gasteiger partial charge in [-0.15, -0.1) is 0 Å². The summed E-state index contributed by atoms with van der Waals surface area (Å²) < 4.78 is 5.34. The molecule has 0 aromatic heterocycles. The average molecular weight is 279 g/mol. The van der Waals surface area contributed by atoms with E-state index in [1.54, 1.807) is 13.3 Å². The normalized spacial score (nSPS) is 11.7. The zero-order valence-corrected chi connectivity index (χ0v) is 11.9. The van der Waals surface area contributed by atoms with Crippen LogP contribution in [0.1, 0.15) is 17.2 Å². The van der Waals surface area contributed by atoms with E-state index in [9.17, 15) is 0 Å². The molecule has 2 rings (SSSR count). The van der Waals surface area contributed by atoms with Gasteiger partial charge >= 0.3 is 0 Å². The van der Waals surface area contributed by atoms with E-state index < -0.39 is 0 Å². The molecule has 2 aromatic carbocycles. The van der Waals surface area contributed by atoms with Crippen molar-refractivity contribution in [2.24, 2.45) is 5.16 Å². The minimum Gasteiger partial charge on any atom is -0.383 e. The second kappa shape index (κ2) is 8.57. The monoisotopic (exact) mass is 279 g/mol. The van der Waals surface area contributed by atoms with Crippen LogP contribution >= 0.6 is 0 Å². The molecule has 3 heteroatoms. The van der Waals surface area contributed by atoms with Gasteiger partial charge in [-0.3, -0.25) is 0 Å². The Balaban J connectivity index is 1.82. The summed E-state index contributed by atoms with van der Waals surface area (Å²) in [5.41, 5.74) is 2.02. The zero-order valence-electron chi connectivity index (χ0n) is 11.9. The number of oxime groups is 1. The van der Waals surface area contributed by atoms with Gasteiger partial charge < -0.3 is 9.57 Å². The summed E-state index contributed by atoms with van der Waals surface area (Å²) in [6.07, 6.45) is 1.42. The molecule has 0 saturated heterocycles. The Bertz CT molecular complexity index is 612. The average Bonchev–Trinajstić information content (AvgIpc) is 2.56. The molecule has 1 atom stereocenters. The van der Waals surface area contributed by atoms with E-state index in [2.05, 4.69) is 17.0 Å². The fourth-order valence-electron chi connectivity index (χ4n) is 1.75. The van der Waals surface area contributed by atoms with Crippen LogP contribution in [0.15, 0.2) is 65.8 Å². The Labute approximate surface area is 125 Å². The molecule has 0 N–H and O–H groups in total. The lowest BCUT2D eigenvalue weighted by Crippen LogP contribution is -1.98. The molecule has 106 valence electrons. The Morgan fingerprint density at radius 2 is 1.71 bits per heavy atom. The summed E-state index contributed by atoms with van der Waals surface area (Å²) in [6.45, 7) is 0.232. The SMILES string of the molecule is COC(C#CCO/N=C/c1ccccc1)c1ccccc1. The number of methoxy groups -OCH3 is 1. The minimum atomic E-state index is -0.243. The molecule has 21 heavy (non-hydrogen) atoms. The first-order chi connectivity index (χ1) is 10.4. The number of benzene rings is 2. The lowest BCUT2D eigenvalue weighted by molar-refractivity contribution is 0.149. The molecule has 0 radical (unpaired) electrons. The molecule has 0 heterocycles. The minimum absolute atomic E-state index is 0.232. The molecule has 0 fully saturated rings. The number of hydrogen-bond donors (Lipinski definition) is 0. The van der Waals surface area contributed by atoms with Crippen molar-refractivity contribution >= 4 is 6.21 Å². The van der Waals surface area contributed by atoms with Gasteiger partial charge in [0.05, 0.1) is 6.21 Å². The van der Waals surface area contributed by atoms with Crippen LogP contribution in [0.25, 0.3) is 0 Å². The third-order valence-corrected chi connectivity index (χ3v) is 2.78. The van der Waals surface area contributed by atoms with Gasteiger partial charge in [-0.1, -0.05) is 77.7 Å². The number of nitrogens with zero attached hydrogens (tertiary/aromatic N) is 1. The largest absolute Gasteiger partial charge is 0.383 e. The summed E-state index contributed by atoms with van der Waals surface area (Å²) in [5.74, 6) is 5.92. The first kappa shape index (κ1) is 14.8. The lowest BCUT2D eigenvalue weighted by Gasteiger charge is -2.07. The first-order valence-electron chi connectivity index (χ1n) is 6.66. The molecule has 0 aliphatic rings. The van der Waals surface area contributed by atoms with Gasteiger partial charge in [0, 0.05) is 7.11 Å². The summed E-state index contributed by atoms with van der Waals surface area (Å²) in [4.78, 5) is 5.11. The van der Waals surface area contributed by atoms with Crippen molar-refractivity contribution in [3.8, 4) is 11.8 Å². The highest BCUT2D eigenvalue weighted by Gasteiger charge is 2.04. The van der Waals surface area contributed by atoms with Crippen LogP contribution in [0.2, 0.25) is 0 Å². The molecule has 0 aliphatic heterocycles. The number of ether oxygens (including phenoxy) is 1. The number of hydrogen-bond acceptors (Lipinski definition) is 3. The Morgan fingerprint density at radius 3 is 2.38 bits per heavy atom. The van der Waals surface area contributed by atoms with Crippen LogP contribution in [-0.2, 0) is 9.57 Å². The van der Waals surface area contributed by atoms with Crippen LogP contribution in [0.3, 0.4) is 0 Å². The van der Waals surface area contributed by atoms with Crippen LogP contribution in [0.5, 0.6) is 0 Å².